The zero-order valence-electron chi connectivity index (χ0n) is 21.7. The van der Waals surface area contributed by atoms with Crippen molar-refractivity contribution in [3.8, 4) is 16.9 Å². The number of carbonyl (C=O) groups is 3. The summed E-state index contributed by atoms with van der Waals surface area (Å²) in [5.41, 5.74) is 1.69. The van der Waals surface area contributed by atoms with Crippen LogP contribution in [0.5, 0.6) is 5.75 Å². The molecular weight excluding hydrogens is 476 g/mol. The summed E-state index contributed by atoms with van der Waals surface area (Å²) in [6.07, 6.45) is 2.08. The lowest BCUT2D eigenvalue weighted by atomic mass is 9.96. The average Bonchev–Trinajstić information content (AvgIpc) is 2.95. The van der Waals surface area contributed by atoms with E-state index in [9.17, 15) is 14.4 Å². The number of ether oxygens (including phenoxy) is 2. The first kappa shape index (κ1) is 28.1. The molecule has 0 unspecified atom stereocenters. The number of likely N-dealkylation sites (N-methyl/N-ethyl adjacent to an activating group) is 2. The number of hydroxylamine groups is 1. The van der Waals surface area contributed by atoms with Gasteiger partial charge >= 0.3 is 0 Å². The van der Waals surface area contributed by atoms with Gasteiger partial charge in [0.05, 0.1) is 19.8 Å². The van der Waals surface area contributed by atoms with Crippen LogP contribution in [0.15, 0.2) is 48.5 Å². The molecule has 10 heteroatoms. The highest BCUT2D eigenvalue weighted by atomic mass is 16.5. The molecule has 1 saturated heterocycles. The maximum Gasteiger partial charge on any atom is 0.278 e. The van der Waals surface area contributed by atoms with Crippen molar-refractivity contribution in [1.29, 1.82) is 0 Å². The Labute approximate surface area is 217 Å². The Balaban J connectivity index is 1.55. The van der Waals surface area contributed by atoms with Crippen molar-refractivity contribution >= 4 is 17.7 Å². The van der Waals surface area contributed by atoms with Crippen molar-refractivity contribution in [2.24, 2.45) is 0 Å². The average molecular weight is 513 g/mol. The molecule has 0 aliphatic carbocycles. The lowest BCUT2D eigenvalue weighted by Crippen LogP contribution is -2.64. The Hall–Kier alpha value is -3.47. The Kier molecular flexibility index (Phi) is 10.0. The van der Waals surface area contributed by atoms with Gasteiger partial charge in [0, 0.05) is 32.7 Å². The zero-order valence-corrected chi connectivity index (χ0v) is 21.7. The van der Waals surface area contributed by atoms with E-state index in [1.54, 1.807) is 24.3 Å². The van der Waals surface area contributed by atoms with E-state index >= 15 is 0 Å². The van der Waals surface area contributed by atoms with Gasteiger partial charge in [-0.25, -0.2) is 5.48 Å². The van der Waals surface area contributed by atoms with Crippen LogP contribution >= 0.6 is 0 Å². The molecule has 37 heavy (non-hydrogen) atoms. The van der Waals surface area contributed by atoms with Gasteiger partial charge in [0.15, 0.2) is 5.54 Å². The minimum atomic E-state index is -1.93. The Morgan fingerprint density at radius 1 is 1.00 bits per heavy atom. The maximum absolute atomic E-state index is 13.0. The van der Waals surface area contributed by atoms with Crippen LogP contribution in [-0.4, -0.2) is 91.8 Å². The number of hydrogen-bond donors (Lipinski definition) is 3. The summed E-state index contributed by atoms with van der Waals surface area (Å²) in [5, 5.41) is 11.4. The summed E-state index contributed by atoms with van der Waals surface area (Å²) in [6, 6.07) is 14.6. The van der Waals surface area contributed by atoms with E-state index in [2.05, 4.69) is 10.2 Å². The second kappa shape index (κ2) is 13.2. The second-order valence-electron chi connectivity index (χ2n) is 9.07. The predicted molar refractivity (Wildman–Crippen MR) is 138 cm³/mol. The minimum Gasteiger partial charge on any atom is -0.494 e. The molecule has 2 aromatic carbocycles. The number of hydrogen-bond acceptors (Lipinski definition) is 7. The summed E-state index contributed by atoms with van der Waals surface area (Å²) >= 11 is 0. The molecule has 0 bridgehead atoms. The third kappa shape index (κ3) is 6.85. The number of benzene rings is 2. The van der Waals surface area contributed by atoms with E-state index < -0.39 is 23.3 Å². The largest absolute Gasteiger partial charge is 0.494 e. The van der Waals surface area contributed by atoms with Gasteiger partial charge in [-0.15, -0.1) is 0 Å². The van der Waals surface area contributed by atoms with Crippen LogP contribution in [0.4, 0.5) is 0 Å². The molecular formula is C27H36N4O6. The molecule has 3 N–H and O–H groups in total. The van der Waals surface area contributed by atoms with Crippen LogP contribution in [0, 0.1) is 0 Å². The van der Waals surface area contributed by atoms with Gasteiger partial charge in [-0.05, 0) is 61.7 Å². The van der Waals surface area contributed by atoms with Gasteiger partial charge in [0.1, 0.15) is 5.75 Å². The van der Waals surface area contributed by atoms with Gasteiger partial charge in [-0.3, -0.25) is 24.5 Å². The van der Waals surface area contributed by atoms with E-state index in [4.69, 9.17) is 14.7 Å². The SMILES string of the molecule is CNC(=O)[C@@](C)(C(=O)NO)N(C)C(=O)c1ccc(-c2ccc(OCCCCN3CCOCC3)cc2)cc1. The van der Waals surface area contributed by atoms with Crippen molar-refractivity contribution in [2.75, 3.05) is 53.6 Å². The number of nitrogens with zero attached hydrogens (tertiary/aromatic N) is 2. The summed E-state index contributed by atoms with van der Waals surface area (Å²) < 4.78 is 11.2. The normalized spacial score (nSPS) is 15.4. The molecule has 1 aliphatic heterocycles. The Morgan fingerprint density at radius 3 is 2.16 bits per heavy atom. The van der Waals surface area contributed by atoms with Crippen molar-refractivity contribution in [3.63, 3.8) is 0 Å². The van der Waals surface area contributed by atoms with Crippen molar-refractivity contribution in [1.82, 2.24) is 20.6 Å². The van der Waals surface area contributed by atoms with Crippen LogP contribution < -0.4 is 15.5 Å². The smallest absolute Gasteiger partial charge is 0.278 e. The Morgan fingerprint density at radius 2 is 1.59 bits per heavy atom. The zero-order chi connectivity index (χ0) is 26.8. The highest BCUT2D eigenvalue weighted by molar-refractivity contribution is 6.12. The maximum atomic E-state index is 13.0. The molecule has 3 rings (SSSR count). The fraction of sp³-hybridized carbons (Fsp3) is 0.444. The quantitative estimate of drug-likeness (QED) is 0.182. The number of morpholine rings is 1. The van der Waals surface area contributed by atoms with E-state index in [0.717, 1.165) is 67.5 Å². The number of rotatable bonds is 11. The molecule has 1 atom stereocenters. The first-order valence-electron chi connectivity index (χ1n) is 12.4. The number of amides is 3. The first-order valence-corrected chi connectivity index (χ1v) is 12.4. The molecule has 0 saturated carbocycles. The molecule has 3 amide bonds. The summed E-state index contributed by atoms with van der Waals surface area (Å²) in [5.74, 6) is -1.48. The fourth-order valence-corrected chi connectivity index (χ4v) is 4.16. The second-order valence-corrected chi connectivity index (χ2v) is 9.07. The molecule has 1 fully saturated rings. The van der Waals surface area contributed by atoms with E-state index in [1.165, 1.54) is 26.5 Å². The van der Waals surface area contributed by atoms with E-state index in [1.807, 2.05) is 24.3 Å². The number of unbranched alkanes of at least 4 members (excludes halogenated alkanes) is 1. The van der Waals surface area contributed by atoms with Crippen LogP contribution in [0.25, 0.3) is 11.1 Å². The van der Waals surface area contributed by atoms with Crippen LogP contribution in [0.2, 0.25) is 0 Å². The van der Waals surface area contributed by atoms with E-state index in [-0.39, 0.29) is 0 Å². The third-order valence-corrected chi connectivity index (χ3v) is 6.75. The van der Waals surface area contributed by atoms with Gasteiger partial charge in [-0.1, -0.05) is 24.3 Å². The topological polar surface area (TPSA) is 120 Å². The lowest BCUT2D eigenvalue weighted by Gasteiger charge is -2.34. The fourth-order valence-electron chi connectivity index (χ4n) is 4.16. The molecule has 0 radical (unpaired) electrons. The molecule has 200 valence electrons. The Bertz CT molecular complexity index is 1040. The number of nitrogens with one attached hydrogen (secondary N) is 2. The first-order chi connectivity index (χ1) is 17.8. The number of carbonyl (C=O) groups excluding carboxylic acids is 3. The molecule has 1 aliphatic rings. The molecule has 10 nitrogen and oxygen atoms in total. The van der Waals surface area contributed by atoms with Gasteiger partial charge in [0.2, 0.25) is 0 Å². The lowest BCUT2D eigenvalue weighted by molar-refractivity contribution is -0.148. The summed E-state index contributed by atoms with van der Waals surface area (Å²) in [4.78, 5) is 41.0. The predicted octanol–water partition coefficient (Wildman–Crippen LogP) is 1.93. The van der Waals surface area contributed by atoms with Crippen LogP contribution in [0.1, 0.15) is 30.1 Å². The monoisotopic (exact) mass is 512 g/mol. The van der Waals surface area contributed by atoms with Crippen molar-refractivity contribution in [3.05, 3.63) is 54.1 Å². The van der Waals surface area contributed by atoms with Crippen molar-refractivity contribution in [2.45, 2.75) is 25.3 Å². The summed E-state index contributed by atoms with van der Waals surface area (Å²) in [7, 11) is 2.68. The minimum absolute atomic E-state index is 0.296. The van der Waals surface area contributed by atoms with Gasteiger partial charge in [0.25, 0.3) is 17.7 Å². The highest BCUT2D eigenvalue weighted by Crippen LogP contribution is 2.24. The van der Waals surface area contributed by atoms with Crippen molar-refractivity contribution < 1.29 is 29.1 Å². The van der Waals surface area contributed by atoms with Crippen LogP contribution in [-0.2, 0) is 14.3 Å². The molecule has 2 aromatic rings. The van der Waals surface area contributed by atoms with E-state index in [0.29, 0.717) is 12.2 Å². The highest BCUT2D eigenvalue weighted by Gasteiger charge is 2.47. The third-order valence-electron chi connectivity index (χ3n) is 6.75. The van der Waals surface area contributed by atoms with Gasteiger partial charge in [-0.2, -0.15) is 0 Å². The molecule has 0 spiro atoms. The molecule has 1 heterocycles. The standard InChI is InChI=1S/C27H36N4O6/c1-27(25(33)28-2,26(34)29-35)30(3)24(32)22-8-6-20(7-9-22)21-10-12-23(13-11-21)37-17-5-4-14-31-15-18-36-19-16-31/h6-13,35H,4-5,14-19H2,1-3H3,(H,28,33)(H,29,34)/t27-/m0/s1. The summed E-state index contributed by atoms with van der Waals surface area (Å²) in [6.45, 7) is 6.64. The van der Waals surface area contributed by atoms with Crippen LogP contribution in [0.3, 0.4) is 0 Å². The van der Waals surface area contributed by atoms with Gasteiger partial charge < -0.3 is 19.7 Å². The molecule has 0 aromatic heterocycles.